The van der Waals surface area contributed by atoms with E-state index in [1.165, 1.54) is 6.07 Å². The summed E-state index contributed by atoms with van der Waals surface area (Å²) in [5.41, 5.74) is 3.91. The molecule has 2 N–H and O–H groups in total. The van der Waals surface area contributed by atoms with Crippen molar-refractivity contribution < 1.29 is 9.47 Å². The Bertz CT molecular complexity index is 740. The molecule has 0 aliphatic carbocycles. The van der Waals surface area contributed by atoms with Crippen LogP contribution in [0.25, 0.3) is 0 Å². The fourth-order valence-corrected chi connectivity index (χ4v) is 1.90. The first-order chi connectivity index (χ1) is 11.1. The molecule has 1 aromatic carbocycles. The number of benzene rings is 1. The maximum Gasteiger partial charge on any atom is 0.252 e. The lowest BCUT2D eigenvalue weighted by molar-refractivity contribution is 0.294. The Morgan fingerprint density at radius 3 is 2.87 bits per heavy atom. The summed E-state index contributed by atoms with van der Waals surface area (Å²) in [6.45, 7) is 4.42. The third-order valence-corrected chi connectivity index (χ3v) is 2.90. The summed E-state index contributed by atoms with van der Waals surface area (Å²) in [4.78, 5) is 18.0. The molecule has 2 rings (SSSR count). The average molecular weight is 316 g/mol. The number of aromatic amines is 1. The Morgan fingerprint density at radius 1 is 1.35 bits per heavy atom. The lowest BCUT2D eigenvalue weighted by Crippen LogP contribution is -2.10. The molecular weight excluding hydrogens is 296 g/mol. The van der Waals surface area contributed by atoms with Crippen LogP contribution in [0.2, 0.25) is 0 Å². The standard InChI is InChI=1S/C16H20N4O3/c1-4-7-23-13-6-5-12(9-14(13)22-3)10-17-20-16-18-11(2)8-15(21)19-16/h5-6,8-10H,4,7H2,1-3H3,(H2,18,19,20,21)/b17-10-. The molecule has 0 bridgehead atoms. The molecule has 0 aliphatic rings. The van der Waals surface area contributed by atoms with Crippen LogP contribution < -0.4 is 20.5 Å². The molecule has 0 radical (unpaired) electrons. The number of H-pyrrole nitrogens is 1. The van der Waals surface area contributed by atoms with Gasteiger partial charge in [-0.15, -0.1) is 0 Å². The molecule has 0 atom stereocenters. The zero-order chi connectivity index (χ0) is 16.7. The second-order valence-electron chi connectivity index (χ2n) is 4.86. The van der Waals surface area contributed by atoms with Crippen molar-refractivity contribution in [2.75, 3.05) is 19.1 Å². The van der Waals surface area contributed by atoms with Gasteiger partial charge in [0.25, 0.3) is 5.56 Å². The van der Waals surface area contributed by atoms with Gasteiger partial charge >= 0.3 is 0 Å². The highest BCUT2D eigenvalue weighted by molar-refractivity contribution is 5.81. The number of aromatic nitrogens is 2. The molecule has 2 aromatic rings. The Morgan fingerprint density at radius 2 is 2.17 bits per heavy atom. The van der Waals surface area contributed by atoms with Gasteiger partial charge in [-0.1, -0.05) is 6.92 Å². The summed E-state index contributed by atoms with van der Waals surface area (Å²) in [7, 11) is 1.59. The normalized spacial score (nSPS) is 10.7. The Labute approximate surface area is 134 Å². The van der Waals surface area contributed by atoms with Crippen LogP contribution in [0.3, 0.4) is 0 Å². The van der Waals surface area contributed by atoms with E-state index in [1.807, 2.05) is 25.1 Å². The molecule has 0 spiro atoms. The van der Waals surface area contributed by atoms with Crippen LogP contribution in [0.1, 0.15) is 24.6 Å². The van der Waals surface area contributed by atoms with E-state index >= 15 is 0 Å². The molecule has 7 nitrogen and oxygen atoms in total. The molecule has 0 saturated heterocycles. The maximum absolute atomic E-state index is 11.3. The van der Waals surface area contributed by atoms with Crippen molar-refractivity contribution in [3.05, 3.63) is 45.9 Å². The number of hydrogen-bond donors (Lipinski definition) is 2. The number of aryl methyl sites for hydroxylation is 1. The molecule has 0 amide bonds. The number of hydrogen-bond acceptors (Lipinski definition) is 6. The minimum atomic E-state index is -0.228. The monoisotopic (exact) mass is 316 g/mol. The van der Waals surface area contributed by atoms with E-state index in [9.17, 15) is 4.79 Å². The van der Waals surface area contributed by atoms with Crippen molar-refractivity contribution in [1.29, 1.82) is 0 Å². The molecule has 1 heterocycles. The van der Waals surface area contributed by atoms with E-state index in [1.54, 1.807) is 20.2 Å². The van der Waals surface area contributed by atoms with E-state index in [2.05, 4.69) is 20.5 Å². The van der Waals surface area contributed by atoms with Crippen LogP contribution in [0.4, 0.5) is 5.95 Å². The lowest BCUT2D eigenvalue weighted by atomic mass is 10.2. The largest absolute Gasteiger partial charge is 0.493 e. The van der Waals surface area contributed by atoms with Gasteiger partial charge in [0.15, 0.2) is 11.5 Å². The number of rotatable bonds is 7. The number of hydrazone groups is 1. The molecule has 1 aromatic heterocycles. The van der Waals surface area contributed by atoms with Gasteiger partial charge < -0.3 is 9.47 Å². The van der Waals surface area contributed by atoms with Crippen molar-refractivity contribution >= 4 is 12.2 Å². The van der Waals surface area contributed by atoms with Gasteiger partial charge in [-0.05, 0) is 37.1 Å². The molecule has 122 valence electrons. The first-order valence-electron chi connectivity index (χ1n) is 7.30. The van der Waals surface area contributed by atoms with Gasteiger partial charge in [-0.3, -0.25) is 9.78 Å². The van der Waals surface area contributed by atoms with Gasteiger partial charge in [-0.25, -0.2) is 10.4 Å². The lowest BCUT2D eigenvalue weighted by Gasteiger charge is -2.10. The highest BCUT2D eigenvalue weighted by Crippen LogP contribution is 2.27. The van der Waals surface area contributed by atoms with Crippen molar-refractivity contribution in [2.24, 2.45) is 5.10 Å². The highest BCUT2D eigenvalue weighted by atomic mass is 16.5. The summed E-state index contributed by atoms with van der Waals surface area (Å²) in [5.74, 6) is 1.63. The van der Waals surface area contributed by atoms with Crippen LogP contribution in [-0.4, -0.2) is 29.9 Å². The van der Waals surface area contributed by atoms with Gasteiger partial charge in [-0.2, -0.15) is 5.10 Å². The summed E-state index contributed by atoms with van der Waals surface area (Å²) < 4.78 is 10.9. The van der Waals surface area contributed by atoms with Crippen LogP contribution >= 0.6 is 0 Å². The predicted octanol–water partition coefficient (Wildman–Crippen LogP) is 2.32. The molecule has 0 unspecified atom stereocenters. The third-order valence-electron chi connectivity index (χ3n) is 2.90. The minimum Gasteiger partial charge on any atom is -0.493 e. The van der Waals surface area contributed by atoms with Gasteiger partial charge in [0.2, 0.25) is 5.95 Å². The number of nitrogens with zero attached hydrogens (tertiary/aromatic N) is 2. The Hall–Kier alpha value is -2.83. The molecule has 0 fully saturated rings. The van der Waals surface area contributed by atoms with Crippen molar-refractivity contribution in [3.8, 4) is 11.5 Å². The van der Waals surface area contributed by atoms with Gasteiger partial charge in [0.05, 0.1) is 19.9 Å². The fourth-order valence-electron chi connectivity index (χ4n) is 1.90. The van der Waals surface area contributed by atoms with E-state index < -0.39 is 0 Å². The van der Waals surface area contributed by atoms with Crippen molar-refractivity contribution in [3.63, 3.8) is 0 Å². The van der Waals surface area contributed by atoms with E-state index in [0.29, 0.717) is 29.7 Å². The number of nitrogens with one attached hydrogen (secondary N) is 2. The second-order valence-corrected chi connectivity index (χ2v) is 4.86. The SMILES string of the molecule is CCCOc1ccc(/C=N\Nc2nc(C)cc(=O)[nH]2)cc1OC. The van der Waals surface area contributed by atoms with Gasteiger partial charge in [0, 0.05) is 11.8 Å². The summed E-state index contributed by atoms with van der Waals surface area (Å²) >= 11 is 0. The highest BCUT2D eigenvalue weighted by Gasteiger charge is 2.04. The minimum absolute atomic E-state index is 0.228. The average Bonchev–Trinajstić information content (AvgIpc) is 2.52. The maximum atomic E-state index is 11.3. The third kappa shape index (κ3) is 4.84. The van der Waals surface area contributed by atoms with Crippen molar-refractivity contribution in [1.82, 2.24) is 9.97 Å². The Kier molecular flexibility index (Phi) is 5.74. The quantitative estimate of drug-likeness (QED) is 0.604. The predicted molar refractivity (Wildman–Crippen MR) is 89.6 cm³/mol. The number of methoxy groups -OCH3 is 1. The zero-order valence-electron chi connectivity index (χ0n) is 13.4. The van der Waals surface area contributed by atoms with Crippen LogP contribution in [0.5, 0.6) is 11.5 Å². The van der Waals surface area contributed by atoms with E-state index in [4.69, 9.17) is 9.47 Å². The summed E-state index contributed by atoms with van der Waals surface area (Å²) in [5, 5.41) is 4.06. The van der Waals surface area contributed by atoms with Crippen LogP contribution in [0, 0.1) is 6.92 Å². The molecule has 7 heteroatoms. The zero-order valence-corrected chi connectivity index (χ0v) is 13.4. The van der Waals surface area contributed by atoms with E-state index in [0.717, 1.165) is 12.0 Å². The number of ether oxygens (including phenoxy) is 2. The Balaban J connectivity index is 2.08. The molecular formula is C16H20N4O3. The molecule has 0 aliphatic heterocycles. The summed E-state index contributed by atoms with van der Waals surface area (Å²) in [6.07, 6.45) is 2.53. The van der Waals surface area contributed by atoms with E-state index in [-0.39, 0.29) is 5.56 Å². The van der Waals surface area contributed by atoms with Crippen LogP contribution in [0.15, 0.2) is 34.2 Å². The molecule has 0 saturated carbocycles. The topological polar surface area (TPSA) is 88.6 Å². The van der Waals surface area contributed by atoms with Crippen molar-refractivity contribution in [2.45, 2.75) is 20.3 Å². The summed E-state index contributed by atoms with van der Waals surface area (Å²) in [6, 6.07) is 6.94. The number of anilines is 1. The van der Waals surface area contributed by atoms with Crippen LogP contribution in [-0.2, 0) is 0 Å². The first kappa shape index (κ1) is 16.5. The smallest absolute Gasteiger partial charge is 0.252 e. The first-order valence-corrected chi connectivity index (χ1v) is 7.30. The molecule has 23 heavy (non-hydrogen) atoms. The van der Waals surface area contributed by atoms with Gasteiger partial charge in [0.1, 0.15) is 0 Å². The second kappa shape index (κ2) is 7.98. The fraction of sp³-hybridized carbons (Fsp3) is 0.312.